The molecule has 1 unspecified atom stereocenters. The lowest BCUT2D eigenvalue weighted by Gasteiger charge is -2.04. The van der Waals surface area contributed by atoms with E-state index in [-0.39, 0.29) is 18.4 Å². The molecule has 2 rings (SSSR count). The number of fused-ring (bicyclic) bond motifs is 1. The van der Waals surface area contributed by atoms with Crippen LogP contribution < -0.4 is 11.2 Å². The van der Waals surface area contributed by atoms with E-state index in [0.29, 0.717) is 0 Å². The van der Waals surface area contributed by atoms with E-state index >= 15 is 0 Å². The lowest BCUT2D eigenvalue weighted by Crippen LogP contribution is -2.17. The largest absolute Gasteiger partial charge is 0.324 e. The number of rotatable bonds is 3. The Kier molecular flexibility index (Phi) is 4.67. The van der Waals surface area contributed by atoms with Gasteiger partial charge in [0.1, 0.15) is 5.01 Å². The molecule has 6 heteroatoms. The van der Waals surface area contributed by atoms with Gasteiger partial charge in [-0.1, -0.05) is 12.1 Å². The lowest BCUT2D eigenvalue weighted by molar-refractivity contribution is 0.755. The Labute approximate surface area is 104 Å². The predicted molar refractivity (Wildman–Crippen MR) is 71.3 cm³/mol. The average molecular weight is 257 g/mol. The van der Waals surface area contributed by atoms with Crippen LogP contribution in [-0.4, -0.2) is 18.2 Å². The summed E-state index contributed by atoms with van der Waals surface area (Å²) in [5.41, 5.74) is 1.02. The molecule has 0 amide bonds. The van der Waals surface area contributed by atoms with Crippen molar-refractivity contribution >= 4 is 40.2 Å². The number of nitrogens with two attached hydrogens (primary N) is 1. The van der Waals surface area contributed by atoms with Crippen LogP contribution in [-0.2, 0) is 0 Å². The number of aromatic nitrogens is 1. The molecule has 0 aliphatic rings. The number of hydrogen-bond acceptors (Lipinski definition) is 5. The highest BCUT2D eigenvalue weighted by molar-refractivity contribution is 7.18. The Bertz CT molecular complexity index is 449. The van der Waals surface area contributed by atoms with Gasteiger partial charge in [-0.3, -0.25) is 0 Å². The molecule has 86 valence electrons. The standard InChI is InChI=1S/C10H12N4S.ClH/c1-12-8(6-13-11)10-14-7-4-2-3-5-9(7)15-10;/h2-6,8,12H,11H2,1H3;1H. The zero-order valence-electron chi connectivity index (χ0n) is 8.75. The summed E-state index contributed by atoms with van der Waals surface area (Å²) in [6.07, 6.45) is 1.65. The van der Waals surface area contributed by atoms with Crippen LogP contribution in [0.2, 0.25) is 0 Å². The smallest absolute Gasteiger partial charge is 0.116 e. The molecule has 3 N–H and O–H groups in total. The maximum Gasteiger partial charge on any atom is 0.116 e. The monoisotopic (exact) mass is 256 g/mol. The van der Waals surface area contributed by atoms with Crippen LogP contribution in [0, 0.1) is 0 Å². The van der Waals surface area contributed by atoms with Gasteiger partial charge < -0.3 is 11.2 Å². The minimum absolute atomic E-state index is 0. The molecule has 0 bridgehead atoms. The minimum atomic E-state index is -0.00704. The maximum atomic E-state index is 5.14. The Morgan fingerprint density at radius 3 is 2.88 bits per heavy atom. The van der Waals surface area contributed by atoms with Crippen molar-refractivity contribution in [3.8, 4) is 0 Å². The highest BCUT2D eigenvalue weighted by Crippen LogP contribution is 2.25. The Morgan fingerprint density at radius 1 is 1.50 bits per heavy atom. The number of nitrogens with zero attached hydrogens (tertiary/aromatic N) is 2. The first-order chi connectivity index (χ1) is 7.35. The summed E-state index contributed by atoms with van der Waals surface area (Å²) in [4.78, 5) is 4.51. The molecule has 1 atom stereocenters. The van der Waals surface area contributed by atoms with Gasteiger partial charge in [-0.2, -0.15) is 5.10 Å². The topological polar surface area (TPSA) is 63.3 Å². The van der Waals surface area contributed by atoms with Crippen molar-refractivity contribution in [3.05, 3.63) is 29.3 Å². The Balaban J connectivity index is 0.00000128. The van der Waals surface area contributed by atoms with Gasteiger partial charge in [0.05, 0.1) is 16.3 Å². The van der Waals surface area contributed by atoms with Crippen LogP contribution >= 0.6 is 23.7 Å². The molecule has 4 nitrogen and oxygen atoms in total. The van der Waals surface area contributed by atoms with Gasteiger partial charge >= 0.3 is 0 Å². The molecule has 2 aromatic rings. The van der Waals surface area contributed by atoms with Crippen LogP contribution in [0.3, 0.4) is 0 Å². The lowest BCUT2D eigenvalue weighted by atomic mass is 10.3. The number of para-hydroxylation sites is 1. The van der Waals surface area contributed by atoms with Gasteiger partial charge in [0, 0.05) is 6.21 Å². The van der Waals surface area contributed by atoms with Crippen molar-refractivity contribution in [2.45, 2.75) is 6.04 Å². The molecule has 0 saturated heterocycles. The van der Waals surface area contributed by atoms with Crippen LogP contribution in [0.5, 0.6) is 0 Å². The molecule has 0 aliphatic heterocycles. The van der Waals surface area contributed by atoms with Gasteiger partial charge in [0.25, 0.3) is 0 Å². The van der Waals surface area contributed by atoms with Crippen molar-refractivity contribution in [2.24, 2.45) is 10.9 Å². The Morgan fingerprint density at radius 2 is 2.25 bits per heavy atom. The zero-order valence-corrected chi connectivity index (χ0v) is 10.4. The van der Waals surface area contributed by atoms with Gasteiger partial charge in [-0.05, 0) is 19.2 Å². The van der Waals surface area contributed by atoms with E-state index in [1.54, 1.807) is 17.6 Å². The maximum absolute atomic E-state index is 5.14. The molecule has 0 spiro atoms. The molecule has 0 radical (unpaired) electrons. The van der Waals surface area contributed by atoms with E-state index in [2.05, 4.69) is 21.5 Å². The molecule has 0 saturated carbocycles. The third-order valence-electron chi connectivity index (χ3n) is 2.12. The van der Waals surface area contributed by atoms with E-state index < -0.39 is 0 Å². The number of thiazole rings is 1. The van der Waals surface area contributed by atoms with Gasteiger partial charge in [-0.25, -0.2) is 4.98 Å². The first kappa shape index (κ1) is 12.9. The van der Waals surface area contributed by atoms with Crippen molar-refractivity contribution < 1.29 is 0 Å². The number of hydrazone groups is 1. The van der Waals surface area contributed by atoms with E-state index in [0.717, 1.165) is 10.5 Å². The molecule has 0 fully saturated rings. The molecule has 1 heterocycles. The molecular weight excluding hydrogens is 244 g/mol. The first-order valence-corrected chi connectivity index (χ1v) is 5.43. The summed E-state index contributed by atoms with van der Waals surface area (Å²) in [7, 11) is 1.86. The van der Waals surface area contributed by atoms with Gasteiger partial charge in [0.2, 0.25) is 0 Å². The normalized spacial score (nSPS) is 12.8. The fourth-order valence-electron chi connectivity index (χ4n) is 1.37. The second kappa shape index (κ2) is 5.79. The highest BCUT2D eigenvalue weighted by Gasteiger charge is 2.11. The van der Waals surface area contributed by atoms with Crippen LogP contribution in [0.15, 0.2) is 29.4 Å². The van der Waals surface area contributed by atoms with Crippen LogP contribution in [0.4, 0.5) is 0 Å². The number of benzene rings is 1. The van der Waals surface area contributed by atoms with E-state index in [4.69, 9.17) is 5.84 Å². The third-order valence-corrected chi connectivity index (χ3v) is 3.24. The predicted octanol–water partition coefficient (Wildman–Crippen LogP) is 1.92. The second-order valence-electron chi connectivity index (χ2n) is 3.08. The van der Waals surface area contributed by atoms with E-state index in [1.807, 2.05) is 25.2 Å². The molecule has 0 aliphatic carbocycles. The summed E-state index contributed by atoms with van der Waals surface area (Å²) < 4.78 is 1.18. The fraction of sp³-hybridized carbons (Fsp3) is 0.200. The molecule has 1 aromatic carbocycles. The van der Waals surface area contributed by atoms with Crippen molar-refractivity contribution in [2.75, 3.05) is 7.05 Å². The minimum Gasteiger partial charge on any atom is -0.324 e. The second-order valence-corrected chi connectivity index (χ2v) is 4.15. The van der Waals surface area contributed by atoms with Gasteiger partial charge in [-0.15, -0.1) is 23.7 Å². The van der Waals surface area contributed by atoms with E-state index in [9.17, 15) is 0 Å². The summed E-state index contributed by atoms with van der Waals surface area (Å²) in [5, 5.41) is 7.61. The number of hydrogen-bond donors (Lipinski definition) is 2. The van der Waals surface area contributed by atoms with Gasteiger partial charge in [0.15, 0.2) is 0 Å². The summed E-state index contributed by atoms with van der Waals surface area (Å²) in [6.45, 7) is 0. The summed E-state index contributed by atoms with van der Waals surface area (Å²) >= 11 is 1.65. The van der Waals surface area contributed by atoms with Crippen LogP contribution in [0.1, 0.15) is 11.0 Å². The quantitative estimate of drug-likeness (QED) is 0.501. The van der Waals surface area contributed by atoms with Crippen LogP contribution in [0.25, 0.3) is 10.2 Å². The highest BCUT2D eigenvalue weighted by atomic mass is 35.5. The Hall–Kier alpha value is -1.17. The first-order valence-electron chi connectivity index (χ1n) is 4.61. The fourth-order valence-corrected chi connectivity index (χ4v) is 2.41. The van der Waals surface area contributed by atoms with Crippen molar-refractivity contribution in [1.82, 2.24) is 10.3 Å². The summed E-state index contributed by atoms with van der Waals surface area (Å²) in [5.74, 6) is 5.14. The van der Waals surface area contributed by atoms with E-state index in [1.165, 1.54) is 4.70 Å². The van der Waals surface area contributed by atoms with Crippen molar-refractivity contribution in [1.29, 1.82) is 0 Å². The number of nitrogens with one attached hydrogen (secondary N) is 1. The summed E-state index contributed by atoms with van der Waals surface area (Å²) in [6, 6.07) is 8.05. The average Bonchev–Trinajstić information content (AvgIpc) is 2.69. The SMILES string of the molecule is CNC(C=NN)c1nc2ccccc2s1.Cl. The van der Waals surface area contributed by atoms with Crippen molar-refractivity contribution in [3.63, 3.8) is 0 Å². The zero-order chi connectivity index (χ0) is 10.7. The molecular formula is C10H13ClN4S. The third kappa shape index (κ3) is 2.49. The number of halogens is 1. The molecule has 16 heavy (non-hydrogen) atoms. The molecule has 1 aromatic heterocycles.